The van der Waals surface area contributed by atoms with Gasteiger partial charge in [0.1, 0.15) is 0 Å². The number of hydrogen-bond donors (Lipinski definition) is 2. The number of aryl methyl sites for hydroxylation is 2. The average Bonchev–Trinajstić information content (AvgIpc) is 2.35. The van der Waals surface area contributed by atoms with E-state index in [9.17, 15) is 0 Å². The van der Waals surface area contributed by atoms with E-state index < -0.39 is 0 Å². The van der Waals surface area contributed by atoms with E-state index in [4.69, 9.17) is 5.84 Å². The average molecular weight is 236 g/mol. The van der Waals surface area contributed by atoms with Crippen LogP contribution in [0.2, 0.25) is 0 Å². The van der Waals surface area contributed by atoms with Crippen LogP contribution in [0.25, 0.3) is 0 Å². The Labute approximate surface area is 104 Å². The van der Waals surface area contributed by atoms with E-state index in [-0.39, 0.29) is 6.04 Å². The normalized spacial score (nSPS) is 12.7. The van der Waals surface area contributed by atoms with E-state index in [0.29, 0.717) is 0 Å². The molecule has 1 atom stereocenters. The summed E-state index contributed by atoms with van der Waals surface area (Å²) in [5.74, 6) is 5.66. The van der Waals surface area contributed by atoms with Gasteiger partial charge in [-0.15, -0.1) is 0 Å². The van der Waals surface area contributed by atoms with Gasteiger partial charge < -0.3 is 0 Å². The van der Waals surface area contributed by atoms with Gasteiger partial charge in [0, 0.05) is 6.04 Å². The lowest BCUT2D eigenvalue weighted by Gasteiger charge is -2.18. The fourth-order valence-corrected chi connectivity index (χ4v) is 2.04. The zero-order chi connectivity index (χ0) is 12.7. The number of hydrogen-bond acceptors (Lipinski definition) is 4. The minimum absolute atomic E-state index is 0.200. The molecule has 0 aliphatic carbocycles. The molecule has 17 heavy (non-hydrogen) atoms. The predicted molar refractivity (Wildman–Crippen MR) is 70.4 cm³/mol. The van der Waals surface area contributed by atoms with Crippen molar-refractivity contribution < 1.29 is 0 Å². The third-order valence-corrected chi connectivity index (χ3v) is 3.03. The van der Waals surface area contributed by atoms with Gasteiger partial charge in [0.05, 0.1) is 11.4 Å². The van der Waals surface area contributed by atoms with Crippen molar-refractivity contribution in [3.8, 4) is 0 Å². The lowest BCUT2D eigenvalue weighted by Crippen LogP contribution is -2.29. The molecule has 1 rings (SSSR count). The van der Waals surface area contributed by atoms with Crippen LogP contribution in [0.5, 0.6) is 0 Å². The summed E-state index contributed by atoms with van der Waals surface area (Å²) in [7, 11) is 0. The maximum atomic E-state index is 5.66. The van der Waals surface area contributed by atoms with E-state index >= 15 is 0 Å². The molecular formula is C13H24N4. The molecule has 0 aliphatic heterocycles. The van der Waals surface area contributed by atoms with Gasteiger partial charge in [0.25, 0.3) is 0 Å². The fraction of sp³-hybridized carbons (Fsp3) is 0.692. The molecular weight excluding hydrogens is 212 g/mol. The topological polar surface area (TPSA) is 63.8 Å². The zero-order valence-electron chi connectivity index (χ0n) is 11.2. The lowest BCUT2D eigenvalue weighted by molar-refractivity contribution is 0.480. The molecule has 1 unspecified atom stereocenters. The summed E-state index contributed by atoms with van der Waals surface area (Å²) in [6, 6.07) is 2.30. The first kappa shape index (κ1) is 14.1. The molecule has 96 valence electrons. The SMILES string of the molecule is CCCCCC(NN)c1cc(C)nnc1CC. The number of aromatic nitrogens is 2. The highest BCUT2D eigenvalue weighted by Gasteiger charge is 2.14. The maximum absolute atomic E-state index is 5.66. The predicted octanol–water partition coefficient (Wildman–Crippen LogP) is 2.43. The van der Waals surface area contributed by atoms with Gasteiger partial charge in [-0.2, -0.15) is 10.2 Å². The van der Waals surface area contributed by atoms with Gasteiger partial charge in [0.15, 0.2) is 0 Å². The van der Waals surface area contributed by atoms with E-state index in [1.54, 1.807) is 0 Å². The number of unbranched alkanes of at least 4 members (excludes halogenated alkanes) is 2. The molecule has 0 fully saturated rings. The Morgan fingerprint density at radius 3 is 2.65 bits per heavy atom. The van der Waals surface area contributed by atoms with Gasteiger partial charge in [-0.3, -0.25) is 11.3 Å². The second kappa shape index (κ2) is 7.35. The summed E-state index contributed by atoms with van der Waals surface area (Å²) in [4.78, 5) is 0. The van der Waals surface area contributed by atoms with Crippen LogP contribution in [-0.2, 0) is 6.42 Å². The first-order valence-electron chi connectivity index (χ1n) is 6.52. The molecule has 0 radical (unpaired) electrons. The zero-order valence-corrected chi connectivity index (χ0v) is 11.2. The van der Waals surface area contributed by atoms with Crippen molar-refractivity contribution in [3.05, 3.63) is 23.0 Å². The summed E-state index contributed by atoms with van der Waals surface area (Å²) in [5.41, 5.74) is 6.12. The Morgan fingerprint density at radius 2 is 2.06 bits per heavy atom. The molecule has 4 nitrogen and oxygen atoms in total. The number of nitrogens with two attached hydrogens (primary N) is 1. The van der Waals surface area contributed by atoms with Crippen LogP contribution in [0, 0.1) is 6.92 Å². The third-order valence-electron chi connectivity index (χ3n) is 3.03. The van der Waals surface area contributed by atoms with E-state index in [0.717, 1.165) is 24.2 Å². The van der Waals surface area contributed by atoms with E-state index in [2.05, 4.69) is 35.5 Å². The van der Waals surface area contributed by atoms with Crippen LogP contribution in [0.3, 0.4) is 0 Å². The van der Waals surface area contributed by atoms with E-state index in [1.807, 2.05) is 6.92 Å². The lowest BCUT2D eigenvalue weighted by atomic mass is 9.98. The van der Waals surface area contributed by atoms with E-state index in [1.165, 1.54) is 24.8 Å². The van der Waals surface area contributed by atoms with Crippen LogP contribution < -0.4 is 11.3 Å². The van der Waals surface area contributed by atoms with Gasteiger partial charge in [-0.25, -0.2) is 0 Å². The highest BCUT2D eigenvalue weighted by Crippen LogP contribution is 2.22. The summed E-state index contributed by atoms with van der Waals surface area (Å²) in [5, 5.41) is 8.35. The van der Waals surface area contributed by atoms with Crippen LogP contribution in [0.15, 0.2) is 6.07 Å². The largest absolute Gasteiger partial charge is 0.271 e. The molecule has 0 amide bonds. The highest BCUT2D eigenvalue weighted by molar-refractivity contribution is 5.24. The minimum Gasteiger partial charge on any atom is -0.271 e. The Morgan fingerprint density at radius 1 is 1.29 bits per heavy atom. The first-order chi connectivity index (χ1) is 8.22. The van der Waals surface area contributed by atoms with Crippen LogP contribution in [0.4, 0.5) is 0 Å². The summed E-state index contributed by atoms with van der Waals surface area (Å²) >= 11 is 0. The van der Waals surface area contributed by atoms with Gasteiger partial charge >= 0.3 is 0 Å². The first-order valence-corrected chi connectivity index (χ1v) is 6.52. The summed E-state index contributed by atoms with van der Waals surface area (Å²) < 4.78 is 0. The van der Waals surface area contributed by atoms with Crippen molar-refractivity contribution in [3.63, 3.8) is 0 Å². The molecule has 0 saturated carbocycles. The monoisotopic (exact) mass is 236 g/mol. The summed E-state index contributed by atoms with van der Waals surface area (Å²) in [6.45, 7) is 6.28. The molecule has 0 saturated heterocycles. The molecule has 3 N–H and O–H groups in total. The fourth-order valence-electron chi connectivity index (χ4n) is 2.04. The number of nitrogens with one attached hydrogen (secondary N) is 1. The molecule has 0 aliphatic rings. The van der Waals surface area contributed by atoms with Crippen molar-refractivity contribution >= 4 is 0 Å². The Hall–Kier alpha value is -1.00. The maximum Gasteiger partial charge on any atom is 0.0676 e. The van der Waals surface area contributed by atoms with Gasteiger partial charge in [-0.1, -0.05) is 33.1 Å². The second-order valence-electron chi connectivity index (χ2n) is 4.46. The second-order valence-corrected chi connectivity index (χ2v) is 4.46. The van der Waals surface area contributed by atoms with Crippen LogP contribution >= 0.6 is 0 Å². The van der Waals surface area contributed by atoms with Crippen molar-refractivity contribution in [1.29, 1.82) is 0 Å². The summed E-state index contributed by atoms with van der Waals surface area (Å²) in [6.07, 6.45) is 5.62. The Balaban J connectivity index is 2.82. The Kier molecular flexibility index (Phi) is 6.08. The quantitative estimate of drug-likeness (QED) is 0.433. The van der Waals surface area contributed by atoms with Crippen molar-refractivity contribution in [1.82, 2.24) is 15.6 Å². The van der Waals surface area contributed by atoms with Crippen molar-refractivity contribution in [2.24, 2.45) is 5.84 Å². The molecule has 0 bridgehead atoms. The van der Waals surface area contributed by atoms with Gasteiger partial charge in [-0.05, 0) is 31.4 Å². The van der Waals surface area contributed by atoms with Crippen LogP contribution in [0.1, 0.15) is 62.5 Å². The molecule has 4 heteroatoms. The Bertz CT molecular complexity index is 338. The van der Waals surface area contributed by atoms with Crippen molar-refractivity contribution in [2.45, 2.75) is 58.9 Å². The molecule has 0 spiro atoms. The molecule has 1 aromatic heterocycles. The molecule has 1 heterocycles. The number of hydrazine groups is 1. The van der Waals surface area contributed by atoms with Crippen LogP contribution in [-0.4, -0.2) is 10.2 Å². The minimum atomic E-state index is 0.200. The number of rotatable bonds is 7. The smallest absolute Gasteiger partial charge is 0.0676 e. The number of nitrogens with zero attached hydrogens (tertiary/aromatic N) is 2. The highest BCUT2D eigenvalue weighted by atomic mass is 15.2. The third kappa shape index (κ3) is 4.06. The van der Waals surface area contributed by atoms with Gasteiger partial charge in [0.2, 0.25) is 0 Å². The molecule has 1 aromatic rings. The standard InChI is InChI=1S/C13H24N4/c1-4-6-7-8-13(15-14)11-9-10(3)16-17-12(11)5-2/h9,13,15H,4-8,14H2,1-3H3. The molecule has 0 aromatic carbocycles. The van der Waals surface area contributed by atoms with Crippen molar-refractivity contribution in [2.75, 3.05) is 0 Å².